The second-order valence-corrected chi connectivity index (χ2v) is 10.9. The van der Waals surface area contributed by atoms with Crippen LogP contribution in [0, 0.1) is 22.7 Å². The van der Waals surface area contributed by atoms with Crippen LogP contribution in [0.3, 0.4) is 0 Å². The number of alkyl halides is 3. The van der Waals surface area contributed by atoms with E-state index in [1.807, 2.05) is 4.13 Å². The van der Waals surface area contributed by atoms with Crippen LogP contribution < -0.4 is 0 Å². The van der Waals surface area contributed by atoms with E-state index >= 15 is 0 Å². The molecule has 4 rings (SSSR count). The second-order valence-electron chi connectivity index (χ2n) is 7.80. The molecule has 4 fully saturated rings. The van der Waals surface area contributed by atoms with Gasteiger partial charge in [-0.3, -0.25) is 4.18 Å². The summed E-state index contributed by atoms with van der Waals surface area (Å²) in [5, 5.41) is 9.73. The van der Waals surface area contributed by atoms with Gasteiger partial charge in [0.2, 0.25) is 10.3 Å². The molecule has 0 radical (unpaired) electrons. The minimum Gasteiger partial charge on any atom is -0.404 e. The summed E-state index contributed by atoms with van der Waals surface area (Å²) in [6, 6.07) is 0. The van der Waals surface area contributed by atoms with Crippen LogP contribution in [-0.4, -0.2) is 40.7 Å². The van der Waals surface area contributed by atoms with E-state index in [1.165, 1.54) is 0 Å². The van der Waals surface area contributed by atoms with Gasteiger partial charge < -0.3 is 9.23 Å². The van der Waals surface area contributed by atoms with Crippen molar-refractivity contribution in [3.63, 3.8) is 0 Å². The maximum absolute atomic E-state index is 12.3. The monoisotopic (exact) mass is 406 g/mol. The first-order valence-corrected chi connectivity index (χ1v) is 10.7. The number of halogens is 3. The average molecular weight is 406 g/mol. The standard InChI is InChI=1S/C13H19F3NO6S2/c14-13(15,16)24(19,20)17-25(21,22)23-8-12-4-9-1-10(5-12)3-11(2-9,6-12)7-18/h9-10,18H,1-8H2/q-1. The normalized spacial score (nSPS) is 38.2. The van der Waals surface area contributed by atoms with Gasteiger partial charge >= 0.3 is 5.51 Å². The third kappa shape index (κ3) is 3.68. The fraction of sp³-hybridized carbons (Fsp3) is 1.00. The lowest BCUT2D eigenvalue weighted by Crippen LogP contribution is -2.55. The lowest BCUT2D eigenvalue weighted by Gasteiger charge is -2.61. The average Bonchev–Trinajstić information content (AvgIpc) is 2.42. The smallest absolute Gasteiger partial charge is 0.404 e. The van der Waals surface area contributed by atoms with Crippen molar-refractivity contribution >= 4 is 20.3 Å². The van der Waals surface area contributed by atoms with Crippen LogP contribution >= 0.6 is 0 Å². The summed E-state index contributed by atoms with van der Waals surface area (Å²) in [6.45, 7) is -0.442. The van der Waals surface area contributed by atoms with E-state index in [-0.39, 0.29) is 12.0 Å². The summed E-state index contributed by atoms with van der Waals surface area (Å²) < 4.78 is 88.4. The Bertz CT molecular complexity index is 734. The van der Waals surface area contributed by atoms with Gasteiger partial charge in [0.05, 0.1) is 6.61 Å². The molecule has 12 heteroatoms. The van der Waals surface area contributed by atoms with E-state index in [1.54, 1.807) is 0 Å². The van der Waals surface area contributed by atoms with Crippen molar-refractivity contribution in [2.75, 3.05) is 13.2 Å². The van der Waals surface area contributed by atoms with Crippen LogP contribution in [0.4, 0.5) is 13.2 Å². The first-order valence-electron chi connectivity index (χ1n) is 7.85. The van der Waals surface area contributed by atoms with Gasteiger partial charge in [0, 0.05) is 6.61 Å². The van der Waals surface area contributed by atoms with Crippen LogP contribution in [0.2, 0.25) is 0 Å². The molecule has 0 aromatic carbocycles. The highest BCUT2D eigenvalue weighted by atomic mass is 32.3. The topological polar surface area (TPSA) is 112 Å². The van der Waals surface area contributed by atoms with Gasteiger partial charge in [-0.2, -0.15) is 13.2 Å². The SMILES string of the molecule is O=S(=O)([N-]S(=O)(=O)C(F)(F)F)OCC12CC3CC(CC(CO)(C3)C1)C2. The maximum Gasteiger partial charge on any atom is 0.480 e. The molecule has 4 bridgehead atoms. The van der Waals surface area contributed by atoms with Crippen molar-refractivity contribution in [1.82, 2.24) is 0 Å². The minimum absolute atomic E-state index is 0.0265. The Morgan fingerprint density at radius 1 is 1.04 bits per heavy atom. The zero-order valence-corrected chi connectivity index (χ0v) is 14.8. The van der Waals surface area contributed by atoms with Gasteiger partial charge in [0.1, 0.15) is 0 Å². The van der Waals surface area contributed by atoms with Crippen LogP contribution in [0.15, 0.2) is 0 Å². The summed E-state index contributed by atoms with van der Waals surface area (Å²) in [5.74, 6) is 0.631. The number of sulfonamides is 1. The molecule has 0 aromatic rings. The molecule has 0 aliphatic heterocycles. The molecule has 0 saturated heterocycles. The van der Waals surface area contributed by atoms with Crippen molar-refractivity contribution < 1.29 is 39.3 Å². The highest BCUT2D eigenvalue weighted by Crippen LogP contribution is 2.65. The summed E-state index contributed by atoms with van der Waals surface area (Å²) in [7, 11) is -11.4. The van der Waals surface area contributed by atoms with Crippen LogP contribution in [0.25, 0.3) is 4.13 Å². The van der Waals surface area contributed by atoms with Crippen molar-refractivity contribution in [2.24, 2.45) is 22.7 Å². The fourth-order valence-corrected chi connectivity index (χ4v) is 7.26. The Labute approximate surface area is 144 Å². The van der Waals surface area contributed by atoms with E-state index in [4.69, 9.17) is 0 Å². The van der Waals surface area contributed by atoms with Gasteiger partial charge in [-0.15, -0.1) is 0 Å². The van der Waals surface area contributed by atoms with Gasteiger partial charge in [-0.1, -0.05) is 0 Å². The largest absolute Gasteiger partial charge is 0.480 e. The number of aliphatic hydroxyl groups is 1. The Balaban J connectivity index is 1.71. The van der Waals surface area contributed by atoms with E-state index in [2.05, 4.69) is 4.18 Å². The number of nitrogens with zero attached hydrogens (tertiary/aromatic N) is 1. The Hall–Kier alpha value is -0.430. The molecule has 2 unspecified atom stereocenters. The zero-order chi connectivity index (χ0) is 18.7. The van der Waals surface area contributed by atoms with E-state index < -0.39 is 37.9 Å². The molecule has 25 heavy (non-hydrogen) atoms. The van der Waals surface area contributed by atoms with Gasteiger partial charge in [0.15, 0.2) is 10.0 Å². The Morgan fingerprint density at radius 3 is 2.04 bits per heavy atom. The molecule has 0 heterocycles. The van der Waals surface area contributed by atoms with Crippen LogP contribution in [0.1, 0.15) is 38.5 Å². The minimum atomic E-state index is -6.18. The van der Waals surface area contributed by atoms with E-state index in [9.17, 15) is 35.1 Å². The molecular weight excluding hydrogens is 387 g/mol. The van der Waals surface area contributed by atoms with Gasteiger partial charge in [0.25, 0.3) is 0 Å². The third-order valence-corrected chi connectivity index (χ3v) is 8.15. The molecule has 0 spiro atoms. The quantitative estimate of drug-likeness (QED) is 0.723. The highest BCUT2D eigenvalue weighted by Gasteiger charge is 2.57. The molecular formula is C13H19F3NO6S2-. The fourth-order valence-electron chi connectivity index (χ4n) is 5.39. The lowest BCUT2D eigenvalue weighted by atomic mass is 9.44. The third-order valence-electron chi connectivity index (χ3n) is 5.63. The molecule has 0 amide bonds. The molecule has 2 atom stereocenters. The molecule has 0 aromatic heterocycles. The van der Waals surface area contributed by atoms with Crippen molar-refractivity contribution in [3.05, 3.63) is 4.13 Å². The maximum atomic E-state index is 12.3. The predicted molar refractivity (Wildman–Crippen MR) is 79.8 cm³/mol. The molecule has 146 valence electrons. The molecule has 4 saturated carbocycles. The van der Waals surface area contributed by atoms with Crippen LogP contribution in [0.5, 0.6) is 0 Å². The van der Waals surface area contributed by atoms with Crippen molar-refractivity contribution in [2.45, 2.75) is 44.0 Å². The zero-order valence-electron chi connectivity index (χ0n) is 13.2. The lowest BCUT2D eigenvalue weighted by molar-refractivity contribution is -0.140. The molecule has 1 N–H and O–H groups in total. The summed E-state index contributed by atoms with van der Waals surface area (Å²) in [6.07, 6.45) is 4.52. The van der Waals surface area contributed by atoms with Gasteiger partial charge in [-0.25, -0.2) is 16.8 Å². The number of aliphatic hydroxyl groups excluding tert-OH is 1. The van der Waals surface area contributed by atoms with Crippen LogP contribution in [-0.2, 0) is 24.5 Å². The number of rotatable bonds is 6. The summed E-state index contributed by atoms with van der Waals surface area (Å²) in [5.41, 5.74) is -6.67. The van der Waals surface area contributed by atoms with E-state index in [0.717, 1.165) is 19.3 Å². The summed E-state index contributed by atoms with van der Waals surface area (Å²) in [4.78, 5) is 0. The first-order chi connectivity index (χ1) is 11.3. The second kappa shape index (κ2) is 5.78. The Morgan fingerprint density at radius 2 is 1.56 bits per heavy atom. The molecule has 7 nitrogen and oxygen atoms in total. The molecule has 4 aliphatic carbocycles. The predicted octanol–water partition coefficient (Wildman–Crippen LogP) is 2.05. The molecule has 4 aliphatic rings. The van der Waals surface area contributed by atoms with Gasteiger partial charge in [-0.05, 0) is 61.2 Å². The number of hydrogen-bond acceptors (Lipinski definition) is 6. The first kappa shape index (κ1) is 19.3. The van der Waals surface area contributed by atoms with Crippen molar-refractivity contribution in [1.29, 1.82) is 0 Å². The summed E-state index contributed by atoms with van der Waals surface area (Å²) >= 11 is 0. The number of hydrogen-bond donors (Lipinski definition) is 1. The van der Waals surface area contributed by atoms with Crippen molar-refractivity contribution in [3.8, 4) is 0 Å². The Kier molecular flexibility index (Phi) is 4.47. The van der Waals surface area contributed by atoms with E-state index in [0.29, 0.717) is 31.1 Å². The highest BCUT2D eigenvalue weighted by molar-refractivity contribution is 8.10.